The fourth-order valence-electron chi connectivity index (χ4n) is 0.990. The van der Waals surface area contributed by atoms with Gasteiger partial charge in [0.05, 0.1) is 5.60 Å². The molecular weight excluding hydrogens is 184 g/mol. The highest BCUT2D eigenvalue weighted by atomic mass is 35.5. The predicted molar refractivity (Wildman–Crippen MR) is 59.4 cm³/mol. The number of hydrogen-bond donors (Lipinski definition) is 0. The van der Waals surface area contributed by atoms with E-state index in [0.717, 1.165) is 19.4 Å². The minimum atomic E-state index is -0.0142. The molecule has 1 nitrogen and oxygen atoms in total. The molecule has 2 heteroatoms. The quantitative estimate of drug-likeness (QED) is 0.491. The monoisotopic (exact) mass is 206 g/mol. The van der Waals surface area contributed by atoms with Crippen LogP contribution in [0.3, 0.4) is 0 Å². The molecule has 0 rings (SSSR count). The summed E-state index contributed by atoms with van der Waals surface area (Å²) >= 11 is 6.11. The summed E-state index contributed by atoms with van der Waals surface area (Å²) in [4.78, 5) is 0. The smallest absolute Gasteiger partial charge is 0.0598 e. The molecule has 0 heterocycles. The Hall–Kier alpha value is 0.250. The van der Waals surface area contributed by atoms with E-state index in [-0.39, 0.29) is 5.60 Å². The summed E-state index contributed by atoms with van der Waals surface area (Å²) in [5.74, 6) is 0.566. The van der Waals surface area contributed by atoms with E-state index in [1.807, 2.05) is 0 Å². The Labute approximate surface area is 87.8 Å². The van der Waals surface area contributed by atoms with Crippen LogP contribution in [0.4, 0.5) is 0 Å². The number of halogens is 1. The molecule has 0 aromatic heterocycles. The van der Waals surface area contributed by atoms with Gasteiger partial charge in [-0.15, -0.1) is 11.6 Å². The van der Waals surface area contributed by atoms with Crippen molar-refractivity contribution in [3.63, 3.8) is 0 Å². The third-order valence-corrected chi connectivity index (χ3v) is 2.60. The second kappa shape index (κ2) is 5.87. The topological polar surface area (TPSA) is 9.23 Å². The first kappa shape index (κ1) is 13.2. The molecule has 80 valence electrons. The SMILES string of the molecule is CC(C)C(Cl)CCCOC(C)(C)C. The van der Waals surface area contributed by atoms with E-state index in [1.54, 1.807) is 0 Å². The lowest BCUT2D eigenvalue weighted by atomic mass is 10.1. The van der Waals surface area contributed by atoms with Gasteiger partial charge >= 0.3 is 0 Å². The summed E-state index contributed by atoms with van der Waals surface area (Å²) in [7, 11) is 0. The molecule has 0 spiro atoms. The Balaban J connectivity index is 3.36. The highest BCUT2D eigenvalue weighted by molar-refractivity contribution is 6.20. The third-order valence-electron chi connectivity index (χ3n) is 1.88. The fraction of sp³-hybridized carbons (Fsp3) is 1.00. The standard InChI is InChI=1S/C11H23ClO/c1-9(2)10(12)7-6-8-13-11(3,4)5/h9-10H,6-8H2,1-5H3. The molecule has 0 N–H and O–H groups in total. The van der Waals surface area contributed by atoms with Crippen LogP contribution in [0.25, 0.3) is 0 Å². The first-order valence-electron chi connectivity index (χ1n) is 5.11. The van der Waals surface area contributed by atoms with Crippen LogP contribution in [0, 0.1) is 5.92 Å². The van der Waals surface area contributed by atoms with Gasteiger partial charge in [-0.1, -0.05) is 13.8 Å². The van der Waals surface area contributed by atoms with Crippen LogP contribution in [0.15, 0.2) is 0 Å². The van der Waals surface area contributed by atoms with Gasteiger partial charge in [-0.05, 0) is 39.5 Å². The molecule has 1 atom stereocenters. The number of ether oxygens (including phenoxy) is 1. The Morgan fingerprint density at radius 3 is 2.15 bits per heavy atom. The van der Waals surface area contributed by atoms with Gasteiger partial charge < -0.3 is 4.74 Å². The Kier molecular flexibility index (Phi) is 5.98. The van der Waals surface area contributed by atoms with Crippen molar-refractivity contribution in [3.05, 3.63) is 0 Å². The summed E-state index contributed by atoms with van der Waals surface area (Å²) in [6.07, 6.45) is 2.11. The van der Waals surface area contributed by atoms with E-state index in [4.69, 9.17) is 16.3 Å². The molecule has 0 aromatic carbocycles. The first-order valence-corrected chi connectivity index (χ1v) is 5.54. The summed E-state index contributed by atoms with van der Waals surface area (Å²) in [5.41, 5.74) is -0.0142. The minimum absolute atomic E-state index is 0.0142. The maximum absolute atomic E-state index is 6.11. The van der Waals surface area contributed by atoms with E-state index in [1.165, 1.54) is 0 Å². The molecule has 0 saturated heterocycles. The molecule has 0 aromatic rings. The Morgan fingerprint density at radius 2 is 1.77 bits per heavy atom. The van der Waals surface area contributed by atoms with Crippen molar-refractivity contribution in [1.82, 2.24) is 0 Å². The molecule has 0 aliphatic rings. The van der Waals surface area contributed by atoms with Crippen molar-refractivity contribution in [2.24, 2.45) is 5.92 Å². The molecule has 1 unspecified atom stereocenters. The van der Waals surface area contributed by atoms with Crippen LogP contribution in [0.5, 0.6) is 0 Å². The van der Waals surface area contributed by atoms with Gasteiger partial charge in [0, 0.05) is 12.0 Å². The van der Waals surface area contributed by atoms with Crippen molar-refractivity contribution in [1.29, 1.82) is 0 Å². The summed E-state index contributed by atoms with van der Waals surface area (Å²) in [6, 6.07) is 0. The maximum Gasteiger partial charge on any atom is 0.0598 e. The molecule has 0 bridgehead atoms. The Morgan fingerprint density at radius 1 is 1.23 bits per heavy atom. The van der Waals surface area contributed by atoms with E-state index in [0.29, 0.717) is 11.3 Å². The van der Waals surface area contributed by atoms with Gasteiger partial charge in [0.2, 0.25) is 0 Å². The molecule has 0 radical (unpaired) electrons. The van der Waals surface area contributed by atoms with Crippen molar-refractivity contribution >= 4 is 11.6 Å². The van der Waals surface area contributed by atoms with Crippen LogP contribution in [0.2, 0.25) is 0 Å². The van der Waals surface area contributed by atoms with E-state index in [9.17, 15) is 0 Å². The fourth-order valence-corrected chi connectivity index (χ4v) is 1.14. The van der Waals surface area contributed by atoms with Gasteiger partial charge in [0.15, 0.2) is 0 Å². The number of hydrogen-bond acceptors (Lipinski definition) is 1. The predicted octanol–water partition coefficient (Wildman–Crippen LogP) is 3.85. The lowest BCUT2D eigenvalue weighted by molar-refractivity contribution is -0.00483. The average Bonchev–Trinajstić information content (AvgIpc) is 1.95. The van der Waals surface area contributed by atoms with Crippen LogP contribution in [-0.2, 0) is 4.74 Å². The molecule has 13 heavy (non-hydrogen) atoms. The molecular formula is C11H23ClO. The van der Waals surface area contributed by atoms with Gasteiger partial charge in [-0.25, -0.2) is 0 Å². The van der Waals surface area contributed by atoms with Crippen LogP contribution in [-0.4, -0.2) is 17.6 Å². The summed E-state index contributed by atoms with van der Waals surface area (Å²) in [6.45, 7) is 11.4. The zero-order valence-electron chi connectivity index (χ0n) is 9.56. The zero-order chi connectivity index (χ0) is 10.5. The lowest BCUT2D eigenvalue weighted by Gasteiger charge is -2.20. The maximum atomic E-state index is 6.11. The van der Waals surface area contributed by atoms with Crippen LogP contribution < -0.4 is 0 Å². The van der Waals surface area contributed by atoms with Gasteiger partial charge in [-0.2, -0.15) is 0 Å². The molecule has 0 amide bonds. The molecule has 0 aliphatic carbocycles. The van der Waals surface area contributed by atoms with Crippen molar-refractivity contribution in [3.8, 4) is 0 Å². The van der Waals surface area contributed by atoms with Gasteiger partial charge in [0.1, 0.15) is 0 Å². The Bertz CT molecular complexity index is 127. The van der Waals surface area contributed by atoms with Crippen LogP contribution in [0.1, 0.15) is 47.5 Å². The normalized spacial score (nSPS) is 15.0. The average molecular weight is 207 g/mol. The molecule has 0 saturated carbocycles. The number of rotatable bonds is 5. The second-order valence-corrected chi connectivity index (χ2v) is 5.42. The third kappa shape index (κ3) is 8.58. The minimum Gasteiger partial charge on any atom is -0.376 e. The van der Waals surface area contributed by atoms with Crippen molar-refractivity contribution < 1.29 is 4.74 Å². The van der Waals surface area contributed by atoms with Gasteiger partial charge in [0.25, 0.3) is 0 Å². The van der Waals surface area contributed by atoms with Gasteiger partial charge in [-0.3, -0.25) is 0 Å². The summed E-state index contributed by atoms with van der Waals surface area (Å²) in [5, 5.41) is 0.295. The highest BCUT2D eigenvalue weighted by Crippen LogP contribution is 2.16. The summed E-state index contributed by atoms with van der Waals surface area (Å²) < 4.78 is 5.60. The van der Waals surface area contributed by atoms with E-state index < -0.39 is 0 Å². The lowest BCUT2D eigenvalue weighted by Crippen LogP contribution is -2.20. The molecule has 0 fully saturated rings. The largest absolute Gasteiger partial charge is 0.376 e. The van der Waals surface area contributed by atoms with Crippen molar-refractivity contribution in [2.45, 2.75) is 58.4 Å². The van der Waals surface area contributed by atoms with Crippen LogP contribution >= 0.6 is 11.6 Å². The second-order valence-electron chi connectivity index (χ2n) is 4.86. The van der Waals surface area contributed by atoms with E-state index in [2.05, 4.69) is 34.6 Å². The van der Waals surface area contributed by atoms with Crippen molar-refractivity contribution in [2.75, 3.05) is 6.61 Å². The molecule has 0 aliphatic heterocycles. The number of alkyl halides is 1. The zero-order valence-corrected chi connectivity index (χ0v) is 10.3. The highest BCUT2D eigenvalue weighted by Gasteiger charge is 2.12. The van der Waals surface area contributed by atoms with E-state index >= 15 is 0 Å². The first-order chi connectivity index (χ1) is 5.83.